The predicted molar refractivity (Wildman–Crippen MR) is 81.8 cm³/mol. The van der Waals surface area contributed by atoms with E-state index in [4.69, 9.17) is 17.3 Å². The number of nitrogens with two attached hydrogens (primary N) is 1. The standard InChI is InChI=1S/C14H17ClN4O2/c1-14(2,21)8-10-11(15)12(17-13(16)20)19(18-10)9-6-4-3-5-7-9/h3-7,21H,8H2,1-2H3,(H3,16,17,20). The van der Waals surface area contributed by atoms with Crippen LogP contribution in [0.4, 0.5) is 10.6 Å². The van der Waals surface area contributed by atoms with Crippen molar-refractivity contribution in [3.05, 3.63) is 41.0 Å². The molecule has 1 aromatic carbocycles. The number of hydrogen-bond donors (Lipinski definition) is 3. The molecular weight excluding hydrogens is 292 g/mol. The summed E-state index contributed by atoms with van der Waals surface area (Å²) >= 11 is 6.26. The first-order valence-corrected chi connectivity index (χ1v) is 6.77. The Morgan fingerprint density at radius 1 is 1.43 bits per heavy atom. The zero-order chi connectivity index (χ0) is 15.6. The van der Waals surface area contributed by atoms with Gasteiger partial charge in [0.2, 0.25) is 0 Å². The van der Waals surface area contributed by atoms with Crippen molar-refractivity contribution in [2.45, 2.75) is 25.9 Å². The Hall–Kier alpha value is -2.05. The molecule has 0 fully saturated rings. The Kier molecular flexibility index (Phi) is 4.20. The van der Waals surface area contributed by atoms with Crippen LogP contribution in [0.25, 0.3) is 5.69 Å². The van der Waals surface area contributed by atoms with Crippen molar-refractivity contribution in [2.24, 2.45) is 5.73 Å². The highest BCUT2D eigenvalue weighted by Gasteiger charge is 2.23. The van der Waals surface area contributed by atoms with Gasteiger partial charge in [0, 0.05) is 6.42 Å². The lowest BCUT2D eigenvalue weighted by molar-refractivity contribution is 0.0799. The van der Waals surface area contributed by atoms with Crippen molar-refractivity contribution in [2.75, 3.05) is 5.32 Å². The van der Waals surface area contributed by atoms with Crippen molar-refractivity contribution in [3.63, 3.8) is 0 Å². The summed E-state index contributed by atoms with van der Waals surface area (Å²) in [6.07, 6.45) is 0.249. The SMILES string of the molecule is CC(C)(O)Cc1nn(-c2ccccc2)c(NC(N)=O)c1Cl. The smallest absolute Gasteiger partial charge is 0.317 e. The van der Waals surface area contributed by atoms with Crippen LogP contribution in [0.3, 0.4) is 0 Å². The highest BCUT2D eigenvalue weighted by molar-refractivity contribution is 6.34. The number of aromatic nitrogens is 2. The highest BCUT2D eigenvalue weighted by atomic mass is 35.5. The summed E-state index contributed by atoms with van der Waals surface area (Å²) < 4.78 is 1.49. The molecule has 0 aliphatic carbocycles. The van der Waals surface area contributed by atoms with Gasteiger partial charge in [-0.3, -0.25) is 5.32 Å². The van der Waals surface area contributed by atoms with Gasteiger partial charge in [0.15, 0.2) is 5.82 Å². The first-order chi connectivity index (χ1) is 9.78. The Labute approximate surface area is 127 Å². The Morgan fingerprint density at radius 2 is 2.05 bits per heavy atom. The second-order valence-electron chi connectivity index (χ2n) is 5.34. The molecule has 1 aromatic heterocycles. The molecule has 0 unspecified atom stereocenters. The van der Waals surface area contributed by atoms with E-state index in [0.29, 0.717) is 5.69 Å². The van der Waals surface area contributed by atoms with E-state index in [9.17, 15) is 9.90 Å². The van der Waals surface area contributed by atoms with E-state index in [1.165, 1.54) is 4.68 Å². The minimum absolute atomic E-state index is 0.249. The van der Waals surface area contributed by atoms with Crippen molar-refractivity contribution >= 4 is 23.4 Å². The van der Waals surface area contributed by atoms with Crippen molar-refractivity contribution in [1.29, 1.82) is 0 Å². The molecule has 4 N–H and O–H groups in total. The molecule has 6 nitrogen and oxygen atoms in total. The van der Waals surface area contributed by atoms with E-state index >= 15 is 0 Å². The number of nitrogens with one attached hydrogen (secondary N) is 1. The van der Waals surface area contributed by atoms with E-state index in [0.717, 1.165) is 5.69 Å². The monoisotopic (exact) mass is 308 g/mol. The second kappa shape index (κ2) is 5.75. The Morgan fingerprint density at radius 3 is 2.57 bits per heavy atom. The van der Waals surface area contributed by atoms with Crippen molar-refractivity contribution in [1.82, 2.24) is 9.78 Å². The van der Waals surface area contributed by atoms with Gasteiger partial charge in [0.05, 0.1) is 17.0 Å². The third-order valence-electron chi connectivity index (χ3n) is 2.74. The van der Waals surface area contributed by atoms with Crippen molar-refractivity contribution in [3.8, 4) is 5.69 Å². The van der Waals surface area contributed by atoms with E-state index in [-0.39, 0.29) is 17.3 Å². The lowest BCUT2D eigenvalue weighted by Crippen LogP contribution is -2.22. The van der Waals surface area contributed by atoms with Gasteiger partial charge in [0.1, 0.15) is 5.02 Å². The van der Waals surface area contributed by atoms with Crippen LogP contribution in [0, 0.1) is 0 Å². The molecule has 0 saturated heterocycles. The minimum atomic E-state index is -0.969. The number of hydrogen-bond acceptors (Lipinski definition) is 3. The molecule has 112 valence electrons. The molecule has 0 saturated carbocycles. The predicted octanol–water partition coefficient (Wildman–Crippen LogP) is 2.33. The van der Waals surface area contributed by atoms with E-state index in [2.05, 4.69) is 10.4 Å². The molecule has 0 atom stereocenters. The lowest BCUT2D eigenvalue weighted by Gasteiger charge is -2.14. The molecule has 0 spiro atoms. The molecule has 1 heterocycles. The summed E-state index contributed by atoms with van der Waals surface area (Å²) in [7, 11) is 0. The van der Waals surface area contributed by atoms with E-state index < -0.39 is 11.6 Å². The van der Waals surface area contributed by atoms with Crippen LogP contribution in [0.1, 0.15) is 19.5 Å². The minimum Gasteiger partial charge on any atom is -0.390 e. The number of carbonyl (C=O) groups excluding carboxylic acids is 1. The zero-order valence-corrected chi connectivity index (χ0v) is 12.6. The number of amides is 2. The molecule has 2 rings (SSSR count). The fourth-order valence-electron chi connectivity index (χ4n) is 1.95. The van der Waals surface area contributed by atoms with Crippen LogP contribution in [0.5, 0.6) is 0 Å². The third-order valence-corrected chi connectivity index (χ3v) is 3.13. The van der Waals surface area contributed by atoms with Gasteiger partial charge < -0.3 is 10.8 Å². The number of nitrogens with zero attached hydrogens (tertiary/aromatic N) is 2. The third kappa shape index (κ3) is 3.74. The van der Waals surface area contributed by atoms with Gasteiger partial charge in [0.25, 0.3) is 0 Å². The van der Waals surface area contributed by atoms with Crippen molar-refractivity contribution < 1.29 is 9.90 Å². The summed E-state index contributed by atoms with van der Waals surface area (Å²) in [6.45, 7) is 3.32. The number of halogens is 1. The zero-order valence-electron chi connectivity index (χ0n) is 11.8. The normalized spacial score (nSPS) is 11.4. The maximum absolute atomic E-state index is 11.2. The van der Waals surface area contributed by atoms with Gasteiger partial charge >= 0.3 is 6.03 Å². The number of primary amides is 1. The summed E-state index contributed by atoms with van der Waals surface area (Å²) in [5.74, 6) is 0.287. The number of anilines is 1. The number of urea groups is 1. The second-order valence-corrected chi connectivity index (χ2v) is 5.71. The van der Waals surface area contributed by atoms with Crippen LogP contribution in [-0.4, -0.2) is 26.5 Å². The van der Waals surface area contributed by atoms with Gasteiger partial charge in [-0.25, -0.2) is 9.48 Å². The first-order valence-electron chi connectivity index (χ1n) is 6.39. The number of aliphatic hydroxyl groups is 1. The molecule has 0 aliphatic rings. The van der Waals surface area contributed by atoms with E-state index in [1.807, 2.05) is 30.3 Å². The largest absolute Gasteiger partial charge is 0.390 e. The molecule has 0 radical (unpaired) electrons. The summed E-state index contributed by atoms with van der Waals surface area (Å²) in [6, 6.07) is 8.47. The Bertz CT molecular complexity index is 647. The molecular formula is C14H17ClN4O2. The quantitative estimate of drug-likeness (QED) is 0.809. The molecule has 2 aromatic rings. The summed E-state index contributed by atoms with van der Waals surface area (Å²) in [5.41, 5.74) is 5.42. The van der Waals surface area contributed by atoms with Gasteiger partial charge in [-0.2, -0.15) is 5.10 Å². The topological polar surface area (TPSA) is 93.2 Å². The first kappa shape index (κ1) is 15.3. The van der Waals surface area contributed by atoms with E-state index in [1.54, 1.807) is 13.8 Å². The number of para-hydroxylation sites is 1. The van der Waals surface area contributed by atoms with Crippen LogP contribution in [0.15, 0.2) is 30.3 Å². The number of rotatable bonds is 4. The average molecular weight is 309 g/mol. The fraction of sp³-hybridized carbons (Fsp3) is 0.286. The molecule has 7 heteroatoms. The number of carbonyl (C=O) groups is 1. The number of benzene rings is 1. The summed E-state index contributed by atoms with van der Waals surface area (Å²) in [5, 5.41) is 17.0. The lowest BCUT2D eigenvalue weighted by atomic mass is 10.0. The van der Waals surface area contributed by atoms with Crippen LogP contribution in [0.2, 0.25) is 5.02 Å². The van der Waals surface area contributed by atoms with Crippen LogP contribution >= 0.6 is 11.6 Å². The Balaban J connectivity index is 2.52. The molecule has 0 bridgehead atoms. The van der Waals surface area contributed by atoms with Gasteiger partial charge in [-0.05, 0) is 26.0 Å². The highest BCUT2D eigenvalue weighted by Crippen LogP contribution is 2.30. The van der Waals surface area contributed by atoms with Crippen LogP contribution in [-0.2, 0) is 6.42 Å². The molecule has 2 amide bonds. The maximum atomic E-state index is 11.2. The van der Waals surface area contributed by atoms with Gasteiger partial charge in [-0.15, -0.1) is 0 Å². The summed E-state index contributed by atoms with van der Waals surface area (Å²) in [4.78, 5) is 11.2. The average Bonchev–Trinajstić information content (AvgIpc) is 2.66. The molecule has 21 heavy (non-hydrogen) atoms. The molecule has 0 aliphatic heterocycles. The maximum Gasteiger partial charge on any atom is 0.317 e. The fourth-order valence-corrected chi connectivity index (χ4v) is 2.18. The van der Waals surface area contributed by atoms with Gasteiger partial charge in [-0.1, -0.05) is 29.8 Å². The van der Waals surface area contributed by atoms with Crippen LogP contribution < -0.4 is 11.1 Å².